The smallest absolute Gasteiger partial charge is 0.0700 e. The van der Waals surface area contributed by atoms with Crippen molar-refractivity contribution < 1.29 is 9.47 Å². The Hall–Kier alpha value is -0.160. The molecule has 0 saturated carbocycles. The first kappa shape index (κ1) is 15.9. The lowest BCUT2D eigenvalue weighted by atomic mass is 9.99. The van der Waals surface area contributed by atoms with Gasteiger partial charge >= 0.3 is 0 Å². The van der Waals surface area contributed by atoms with Crippen LogP contribution < -0.4 is 5.32 Å². The highest BCUT2D eigenvalue weighted by Gasteiger charge is 2.29. The molecule has 1 N–H and O–H groups in total. The highest BCUT2D eigenvalue weighted by atomic mass is 16.5. The highest BCUT2D eigenvalue weighted by molar-refractivity contribution is 4.90. The van der Waals surface area contributed by atoms with E-state index in [1.807, 2.05) is 0 Å². The summed E-state index contributed by atoms with van der Waals surface area (Å²) in [6.07, 6.45) is 2.36. The summed E-state index contributed by atoms with van der Waals surface area (Å²) >= 11 is 0. The van der Waals surface area contributed by atoms with Crippen LogP contribution in [0.5, 0.6) is 0 Å². The minimum Gasteiger partial charge on any atom is -0.382 e. The molecule has 4 heteroatoms. The van der Waals surface area contributed by atoms with Crippen LogP contribution in [0.4, 0.5) is 0 Å². The van der Waals surface area contributed by atoms with Gasteiger partial charge in [-0.05, 0) is 40.2 Å². The van der Waals surface area contributed by atoms with E-state index in [1.165, 1.54) is 13.0 Å². The van der Waals surface area contributed by atoms with Crippen LogP contribution in [-0.4, -0.2) is 63.0 Å². The van der Waals surface area contributed by atoms with E-state index < -0.39 is 0 Å². The van der Waals surface area contributed by atoms with Gasteiger partial charge in [-0.25, -0.2) is 0 Å². The maximum atomic E-state index is 5.48. The van der Waals surface area contributed by atoms with E-state index in [0.717, 1.165) is 26.1 Å². The standard InChI is InChI=1S/C14H30N2O2/c1-13-11-15-14(2,3)12-16(13)7-5-6-8-18-10-9-17-4/h13,15H,5-12H2,1-4H3. The molecule has 1 rings (SSSR count). The molecule has 0 radical (unpaired) electrons. The molecule has 1 unspecified atom stereocenters. The molecular formula is C14H30N2O2. The van der Waals surface area contributed by atoms with Crippen LogP contribution in [-0.2, 0) is 9.47 Å². The summed E-state index contributed by atoms with van der Waals surface area (Å²) in [6, 6.07) is 0.646. The first-order valence-electron chi connectivity index (χ1n) is 7.11. The summed E-state index contributed by atoms with van der Waals surface area (Å²) in [5, 5.41) is 3.58. The normalized spacial score (nSPS) is 24.3. The number of nitrogens with one attached hydrogen (secondary N) is 1. The molecule has 1 aliphatic rings. The molecule has 0 spiro atoms. The van der Waals surface area contributed by atoms with Gasteiger partial charge < -0.3 is 14.8 Å². The molecule has 0 aliphatic carbocycles. The average molecular weight is 258 g/mol. The molecule has 18 heavy (non-hydrogen) atoms. The second-order valence-electron chi connectivity index (χ2n) is 5.90. The molecular weight excluding hydrogens is 228 g/mol. The Labute approximate surface area is 112 Å². The number of hydrogen-bond acceptors (Lipinski definition) is 4. The Kier molecular flexibility index (Phi) is 7.15. The van der Waals surface area contributed by atoms with Crippen LogP contribution in [0.2, 0.25) is 0 Å². The fourth-order valence-corrected chi connectivity index (χ4v) is 2.34. The number of hydrogen-bond donors (Lipinski definition) is 1. The van der Waals surface area contributed by atoms with E-state index in [1.54, 1.807) is 7.11 Å². The minimum atomic E-state index is 0.251. The largest absolute Gasteiger partial charge is 0.382 e. The van der Waals surface area contributed by atoms with Gasteiger partial charge in [0.25, 0.3) is 0 Å². The van der Waals surface area contributed by atoms with Crippen LogP contribution in [0.1, 0.15) is 33.6 Å². The number of piperazine rings is 1. The fraction of sp³-hybridized carbons (Fsp3) is 1.00. The van der Waals surface area contributed by atoms with E-state index >= 15 is 0 Å². The van der Waals surface area contributed by atoms with Crippen molar-refractivity contribution >= 4 is 0 Å². The van der Waals surface area contributed by atoms with Crippen molar-refractivity contribution in [2.24, 2.45) is 0 Å². The lowest BCUT2D eigenvalue weighted by molar-refractivity contribution is 0.0634. The zero-order valence-corrected chi connectivity index (χ0v) is 12.5. The summed E-state index contributed by atoms with van der Waals surface area (Å²) in [6.45, 7) is 12.5. The number of nitrogens with zero attached hydrogens (tertiary/aromatic N) is 1. The van der Waals surface area contributed by atoms with Crippen LogP contribution in [0, 0.1) is 0 Å². The SMILES string of the molecule is COCCOCCCCN1CC(C)(C)NCC1C. The molecule has 0 aromatic carbocycles. The summed E-state index contributed by atoms with van der Waals surface area (Å²) in [7, 11) is 1.71. The number of ether oxygens (including phenoxy) is 2. The summed E-state index contributed by atoms with van der Waals surface area (Å²) in [4.78, 5) is 2.59. The Bertz CT molecular complexity index is 222. The number of methoxy groups -OCH3 is 1. The second-order valence-corrected chi connectivity index (χ2v) is 5.90. The van der Waals surface area contributed by atoms with Gasteiger partial charge in [0.15, 0.2) is 0 Å². The molecule has 108 valence electrons. The van der Waals surface area contributed by atoms with Gasteiger partial charge in [-0.1, -0.05) is 0 Å². The van der Waals surface area contributed by atoms with Crippen molar-refractivity contribution in [1.29, 1.82) is 0 Å². The van der Waals surface area contributed by atoms with Crippen molar-refractivity contribution in [3.8, 4) is 0 Å². The first-order valence-corrected chi connectivity index (χ1v) is 7.11. The maximum absolute atomic E-state index is 5.48. The van der Waals surface area contributed by atoms with E-state index in [9.17, 15) is 0 Å². The Balaban J connectivity index is 2.07. The quantitative estimate of drug-likeness (QED) is 0.669. The Morgan fingerprint density at radius 1 is 1.22 bits per heavy atom. The summed E-state index contributed by atoms with van der Waals surface area (Å²) < 4.78 is 10.4. The van der Waals surface area contributed by atoms with E-state index in [2.05, 4.69) is 31.0 Å². The van der Waals surface area contributed by atoms with Gasteiger partial charge in [-0.15, -0.1) is 0 Å². The van der Waals surface area contributed by atoms with E-state index in [-0.39, 0.29) is 5.54 Å². The maximum Gasteiger partial charge on any atom is 0.0700 e. The molecule has 1 fully saturated rings. The van der Waals surface area contributed by atoms with E-state index in [0.29, 0.717) is 19.3 Å². The van der Waals surface area contributed by atoms with Crippen LogP contribution in [0.3, 0.4) is 0 Å². The minimum absolute atomic E-state index is 0.251. The summed E-state index contributed by atoms with van der Waals surface area (Å²) in [5.74, 6) is 0. The summed E-state index contributed by atoms with van der Waals surface area (Å²) in [5.41, 5.74) is 0.251. The third-order valence-corrected chi connectivity index (χ3v) is 3.51. The topological polar surface area (TPSA) is 33.7 Å². The van der Waals surface area contributed by atoms with Gasteiger partial charge in [-0.2, -0.15) is 0 Å². The lowest BCUT2D eigenvalue weighted by Crippen LogP contribution is -2.60. The van der Waals surface area contributed by atoms with Gasteiger partial charge in [-0.3, -0.25) is 4.90 Å². The average Bonchev–Trinajstić information content (AvgIpc) is 2.32. The predicted molar refractivity (Wildman–Crippen MR) is 75.0 cm³/mol. The molecule has 1 aliphatic heterocycles. The molecule has 4 nitrogen and oxygen atoms in total. The molecule has 0 aromatic rings. The first-order chi connectivity index (χ1) is 8.55. The van der Waals surface area contributed by atoms with Crippen LogP contribution in [0.25, 0.3) is 0 Å². The number of unbranched alkanes of at least 4 members (excludes halogenated alkanes) is 1. The third-order valence-electron chi connectivity index (χ3n) is 3.51. The highest BCUT2D eigenvalue weighted by Crippen LogP contribution is 2.15. The van der Waals surface area contributed by atoms with Gasteiger partial charge in [0.1, 0.15) is 0 Å². The van der Waals surface area contributed by atoms with Crippen molar-refractivity contribution in [1.82, 2.24) is 10.2 Å². The monoisotopic (exact) mass is 258 g/mol. The molecule has 0 amide bonds. The fourth-order valence-electron chi connectivity index (χ4n) is 2.34. The molecule has 1 saturated heterocycles. The Morgan fingerprint density at radius 2 is 2.00 bits per heavy atom. The molecule has 1 heterocycles. The molecule has 1 atom stereocenters. The van der Waals surface area contributed by atoms with Gasteiger partial charge in [0.2, 0.25) is 0 Å². The molecule has 0 bridgehead atoms. The number of rotatable bonds is 8. The lowest BCUT2D eigenvalue weighted by Gasteiger charge is -2.43. The zero-order chi connectivity index (χ0) is 13.4. The second kappa shape index (κ2) is 8.10. The van der Waals surface area contributed by atoms with Crippen LogP contribution in [0.15, 0.2) is 0 Å². The van der Waals surface area contributed by atoms with E-state index in [4.69, 9.17) is 9.47 Å². The van der Waals surface area contributed by atoms with Crippen molar-refractivity contribution in [2.45, 2.75) is 45.2 Å². The Morgan fingerprint density at radius 3 is 2.72 bits per heavy atom. The van der Waals surface area contributed by atoms with Crippen LogP contribution >= 0.6 is 0 Å². The van der Waals surface area contributed by atoms with Crippen molar-refractivity contribution in [3.63, 3.8) is 0 Å². The van der Waals surface area contributed by atoms with Crippen molar-refractivity contribution in [3.05, 3.63) is 0 Å². The molecule has 0 aromatic heterocycles. The van der Waals surface area contributed by atoms with Gasteiger partial charge in [0, 0.05) is 38.4 Å². The third kappa shape index (κ3) is 6.14. The zero-order valence-electron chi connectivity index (χ0n) is 12.5. The predicted octanol–water partition coefficient (Wildman–Crippen LogP) is 1.50. The van der Waals surface area contributed by atoms with Crippen molar-refractivity contribution in [2.75, 3.05) is 46.6 Å². The van der Waals surface area contributed by atoms with Gasteiger partial charge in [0.05, 0.1) is 13.2 Å².